The van der Waals surface area contributed by atoms with Crippen LogP contribution in [0, 0.1) is 0 Å². The molecule has 4 nitrogen and oxygen atoms in total. The molecule has 1 heterocycles. The minimum atomic E-state index is -0.331. The van der Waals surface area contributed by atoms with E-state index in [4.69, 9.17) is 14.3 Å². The summed E-state index contributed by atoms with van der Waals surface area (Å²) in [6.07, 6.45) is 2.18. The molecule has 1 N–H and O–H groups in total. The van der Waals surface area contributed by atoms with Crippen LogP contribution in [0.25, 0.3) is 0 Å². The summed E-state index contributed by atoms with van der Waals surface area (Å²) >= 11 is 0. The van der Waals surface area contributed by atoms with Gasteiger partial charge in [-0.15, -0.1) is 0 Å². The molecule has 0 aromatic heterocycles. The van der Waals surface area contributed by atoms with Gasteiger partial charge in [-0.1, -0.05) is 6.92 Å². The van der Waals surface area contributed by atoms with Crippen LogP contribution >= 0.6 is 0 Å². The van der Waals surface area contributed by atoms with Gasteiger partial charge in [0.15, 0.2) is 9.76 Å². The third-order valence-electron chi connectivity index (χ3n) is 1.53. The second-order valence-corrected chi connectivity index (χ2v) is 4.17. The molecule has 0 aromatic rings. The lowest BCUT2D eigenvalue weighted by Gasteiger charge is -2.00. The average Bonchev–Trinajstić information content (AvgIpc) is 3.02. The van der Waals surface area contributed by atoms with Crippen LogP contribution < -0.4 is 0 Å². The van der Waals surface area contributed by atoms with Crippen molar-refractivity contribution in [1.82, 2.24) is 0 Å². The van der Waals surface area contributed by atoms with Gasteiger partial charge in [-0.3, -0.25) is 0 Å². The van der Waals surface area contributed by atoms with Gasteiger partial charge in [0.2, 0.25) is 0 Å². The van der Waals surface area contributed by atoms with Crippen LogP contribution in [0.1, 0.15) is 20.3 Å². The Kier molecular flexibility index (Phi) is 11.2. The molecule has 0 aliphatic carbocycles. The zero-order chi connectivity index (χ0) is 10.6. The van der Waals surface area contributed by atoms with Crippen LogP contribution in [-0.4, -0.2) is 53.6 Å². The number of aliphatic hydroxyl groups excluding tert-OH is 1. The van der Waals surface area contributed by atoms with Gasteiger partial charge in [0, 0.05) is 13.2 Å². The largest absolute Gasteiger partial charge is 0.422 e. The van der Waals surface area contributed by atoms with E-state index >= 15 is 0 Å². The Labute approximate surface area is 88.5 Å². The van der Waals surface area contributed by atoms with E-state index in [1.165, 1.54) is 0 Å². The molecule has 1 aliphatic heterocycles. The average molecular weight is 222 g/mol. The minimum Gasteiger partial charge on any atom is -0.422 e. The van der Waals surface area contributed by atoms with Crippen molar-refractivity contribution in [3.8, 4) is 0 Å². The molecular weight excluding hydrogens is 200 g/mol. The normalized spacial score (nSPS) is 19.5. The van der Waals surface area contributed by atoms with Crippen LogP contribution in [0.4, 0.5) is 0 Å². The number of hydrogen-bond acceptors (Lipinski definition) is 4. The Morgan fingerprint density at radius 2 is 2.21 bits per heavy atom. The molecule has 1 rings (SSSR count). The molecule has 0 aromatic carbocycles. The van der Waals surface area contributed by atoms with Gasteiger partial charge in [-0.25, -0.2) is 0 Å². The third-order valence-corrected chi connectivity index (χ3v) is 2.68. The van der Waals surface area contributed by atoms with Crippen LogP contribution in [0.15, 0.2) is 0 Å². The fourth-order valence-corrected chi connectivity index (χ4v) is 1.41. The lowest BCUT2D eigenvalue weighted by atomic mass is 10.5. The fraction of sp³-hybridized carbons (Fsp3) is 1.00. The first-order chi connectivity index (χ1) is 6.85. The topological polar surface area (TPSA) is 51.2 Å². The van der Waals surface area contributed by atoms with Crippen molar-refractivity contribution in [2.24, 2.45) is 0 Å². The molecule has 14 heavy (non-hydrogen) atoms. The van der Waals surface area contributed by atoms with Crippen molar-refractivity contribution in [2.75, 3.05) is 32.7 Å². The summed E-state index contributed by atoms with van der Waals surface area (Å²) in [6.45, 7) is 6.83. The highest BCUT2D eigenvalue weighted by Crippen LogP contribution is 2.04. The van der Waals surface area contributed by atoms with E-state index in [0.717, 1.165) is 32.5 Å². The summed E-state index contributed by atoms with van der Waals surface area (Å²) in [7, 11) is -0.331. The number of aliphatic hydroxyl groups is 1. The summed E-state index contributed by atoms with van der Waals surface area (Å²) in [4.78, 5) is 0. The van der Waals surface area contributed by atoms with Crippen molar-refractivity contribution in [2.45, 2.75) is 26.4 Å². The Morgan fingerprint density at radius 3 is 2.57 bits per heavy atom. The monoisotopic (exact) mass is 222 g/mol. The summed E-state index contributed by atoms with van der Waals surface area (Å²) in [5.41, 5.74) is 0. The first-order valence-electron chi connectivity index (χ1n) is 5.23. The number of hydrogen-bond donors (Lipinski definition) is 1. The highest BCUT2D eigenvalue weighted by Gasteiger charge is 2.19. The van der Waals surface area contributed by atoms with Crippen molar-refractivity contribution in [3.63, 3.8) is 0 Å². The summed E-state index contributed by atoms with van der Waals surface area (Å²) < 4.78 is 15.0. The van der Waals surface area contributed by atoms with E-state index in [1.54, 1.807) is 0 Å². The molecule has 1 aliphatic rings. The third kappa shape index (κ3) is 12.1. The number of ether oxygens (including phenoxy) is 2. The molecule has 1 unspecified atom stereocenters. The predicted octanol–water partition coefficient (Wildman–Crippen LogP) is -0.132. The van der Waals surface area contributed by atoms with Gasteiger partial charge in [-0.2, -0.15) is 0 Å². The lowest BCUT2D eigenvalue weighted by molar-refractivity contribution is 0.165. The van der Waals surface area contributed by atoms with Gasteiger partial charge in [-0.05, 0) is 13.3 Å². The van der Waals surface area contributed by atoms with E-state index in [0.29, 0.717) is 0 Å². The second kappa shape index (κ2) is 11.1. The molecule has 0 spiro atoms. The molecule has 0 radical (unpaired) electrons. The standard InChI is InChI=1S/C6H16O2Si.C3H6O2/c1-3-5-7-6-9-8-4-2;4-1-3-2-5-3/h3-6,9H2,1-2H3;3-4H,1-2H2. The maximum atomic E-state index is 8.08. The van der Waals surface area contributed by atoms with Crippen molar-refractivity contribution < 1.29 is 19.0 Å². The number of rotatable bonds is 7. The smallest absolute Gasteiger partial charge is 0.186 e. The molecule has 0 amide bonds. The SMILES string of the molecule is CCCOC[SiH2]OCC.OCC1CO1. The quantitative estimate of drug-likeness (QED) is 0.370. The van der Waals surface area contributed by atoms with Gasteiger partial charge in [0.25, 0.3) is 0 Å². The first kappa shape index (κ1) is 14.1. The molecule has 0 saturated carbocycles. The minimum absolute atomic E-state index is 0.190. The second-order valence-electron chi connectivity index (χ2n) is 2.95. The van der Waals surface area contributed by atoms with E-state index in [-0.39, 0.29) is 22.5 Å². The van der Waals surface area contributed by atoms with Gasteiger partial charge < -0.3 is 19.0 Å². The molecular formula is C9H22O4Si. The first-order valence-corrected chi connectivity index (χ1v) is 6.80. The fourth-order valence-electron chi connectivity index (χ4n) is 0.682. The van der Waals surface area contributed by atoms with E-state index in [1.807, 2.05) is 6.92 Å². The highest BCUT2D eigenvalue weighted by atomic mass is 28.2. The van der Waals surface area contributed by atoms with E-state index < -0.39 is 0 Å². The van der Waals surface area contributed by atoms with Crippen LogP contribution in [0.3, 0.4) is 0 Å². The summed E-state index contributed by atoms with van der Waals surface area (Å²) in [5, 5.41) is 8.08. The molecule has 0 bridgehead atoms. The molecule has 1 atom stereocenters. The zero-order valence-electron chi connectivity index (χ0n) is 9.20. The summed E-state index contributed by atoms with van der Waals surface area (Å²) in [6, 6.07) is 0. The highest BCUT2D eigenvalue weighted by molar-refractivity contribution is 6.26. The van der Waals surface area contributed by atoms with Crippen LogP contribution in [-0.2, 0) is 13.9 Å². The summed E-state index contributed by atoms with van der Waals surface area (Å²) in [5.74, 6) is 0. The van der Waals surface area contributed by atoms with Gasteiger partial charge in [0.1, 0.15) is 6.10 Å². The van der Waals surface area contributed by atoms with Crippen molar-refractivity contribution in [3.05, 3.63) is 0 Å². The Bertz CT molecular complexity index is 103. The van der Waals surface area contributed by atoms with Crippen LogP contribution in [0.5, 0.6) is 0 Å². The van der Waals surface area contributed by atoms with Crippen molar-refractivity contribution in [1.29, 1.82) is 0 Å². The van der Waals surface area contributed by atoms with Gasteiger partial charge in [0.05, 0.1) is 19.4 Å². The maximum Gasteiger partial charge on any atom is 0.186 e. The van der Waals surface area contributed by atoms with Crippen molar-refractivity contribution >= 4 is 9.76 Å². The predicted molar refractivity (Wildman–Crippen MR) is 58.1 cm³/mol. The maximum absolute atomic E-state index is 8.08. The zero-order valence-corrected chi connectivity index (χ0v) is 10.6. The molecule has 5 heteroatoms. The van der Waals surface area contributed by atoms with Crippen LogP contribution in [0.2, 0.25) is 0 Å². The Balaban J connectivity index is 0.000000280. The Hall–Kier alpha value is 0.0569. The molecule has 1 fully saturated rings. The molecule has 1 saturated heterocycles. The lowest BCUT2D eigenvalue weighted by Crippen LogP contribution is -2.08. The Morgan fingerprint density at radius 1 is 1.50 bits per heavy atom. The molecule has 86 valence electrons. The van der Waals surface area contributed by atoms with E-state index in [9.17, 15) is 0 Å². The number of epoxide rings is 1. The van der Waals surface area contributed by atoms with Gasteiger partial charge >= 0.3 is 0 Å². The van der Waals surface area contributed by atoms with E-state index in [2.05, 4.69) is 11.7 Å².